The minimum absolute atomic E-state index is 0.00961. The number of primary amides is 1. The van der Waals surface area contributed by atoms with Gasteiger partial charge in [-0.15, -0.1) is 10.2 Å². The van der Waals surface area contributed by atoms with Gasteiger partial charge in [-0.2, -0.15) is 5.10 Å². The van der Waals surface area contributed by atoms with Crippen LogP contribution in [0.4, 0.5) is 0 Å². The molecule has 0 saturated carbocycles. The van der Waals surface area contributed by atoms with Crippen LogP contribution in [0.5, 0.6) is 0 Å². The largest absolute Gasteiger partial charge is 0.421 e. The minimum atomic E-state index is -1.62. The van der Waals surface area contributed by atoms with Gasteiger partial charge in [0.1, 0.15) is 5.69 Å². The van der Waals surface area contributed by atoms with Gasteiger partial charge in [0.05, 0.1) is 0 Å². The second kappa shape index (κ2) is 8.05. The van der Waals surface area contributed by atoms with Crippen molar-refractivity contribution in [2.24, 2.45) is 5.73 Å². The highest BCUT2D eigenvalue weighted by atomic mass is 16.4. The van der Waals surface area contributed by atoms with Crippen molar-refractivity contribution in [1.29, 1.82) is 0 Å². The summed E-state index contributed by atoms with van der Waals surface area (Å²) in [5.74, 6) is 6.00. The molecule has 4 aromatic rings. The molecule has 160 valence electrons. The highest BCUT2D eigenvalue weighted by Gasteiger charge is 2.27. The average molecular weight is 429 g/mol. The molecule has 0 aliphatic carbocycles. The molecule has 10 heteroatoms. The fraction of sp³-hybridized carbons (Fsp3) is 0.182. The Kier molecular flexibility index (Phi) is 5.26. The van der Waals surface area contributed by atoms with Gasteiger partial charge in [0.15, 0.2) is 11.6 Å². The number of amides is 1. The Balaban J connectivity index is 1.73. The quantitative estimate of drug-likeness (QED) is 0.466. The third-order valence-corrected chi connectivity index (χ3v) is 4.53. The minimum Gasteiger partial charge on any atom is -0.421 e. The van der Waals surface area contributed by atoms with Crippen LogP contribution in [-0.4, -0.2) is 41.0 Å². The molecular weight excluding hydrogens is 410 g/mol. The Bertz CT molecular complexity index is 1380. The summed E-state index contributed by atoms with van der Waals surface area (Å²) in [4.78, 5) is 20.7. The fourth-order valence-electron chi connectivity index (χ4n) is 2.88. The first-order chi connectivity index (χ1) is 15.2. The van der Waals surface area contributed by atoms with Crippen molar-refractivity contribution in [3.05, 3.63) is 71.3 Å². The summed E-state index contributed by atoms with van der Waals surface area (Å²) in [6, 6.07) is 10.4. The van der Waals surface area contributed by atoms with Crippen molar-refractivity contribution >= 4 is 5.91 Å². The smallest absolute Gasteiger partial charge is 0.267 e. The van der Waals surface area contributed by atoms with Crippen molar-refractivity contribution in [1.82, 2.24) is 29.9 Å². The fourth-order valence-corrected chi connectivity index (χ4v) is 2.88. The standard InChI is InChI=1S/C22H19N7O3/c1-13-8-10-24-29(13)18-12-17(19(23)30)25-20(26-18)16-6-4-5-15(11-16)7-9-22(3,31)21-28-27-14(2)32-21/h4-6,8,10-12,31H,1-3H3,(H2,23,30)/t22-/m1/s1. The number of aromatic nitrogens is 6. The zero-order valence-electron chi connectivity index (χ0n) is 17.6. The number of aliphatic hydroxyl groups is 1. The number of carbonyl (C=O) groups excluding carboxylic acids is 1. The number of hydrogen-bond donors (Lipinski definition) is 2. The molecule has 0 aliphatic heterocycles. The summed E-state index contributed by atoms with van der Waals surface area (Å²) in [5.41, 5.74) is 5.95. The molecule has 0 unspecified atom stereocenters. The molecule has 3 N–H and O–H groups in total. The van der Waals surface area contributed by atoms with Crippen LogP contribution in [-0.2, 0) is 5.60 Å². The monoisotopic (exact) mass is 429 g/mol. The van der Waals surface area contributed by atoms with Crippen molar-refractivity contribution in [2.45, 2.75) is 26.4 Å². The lowest BCUT2D eigenvalue weighted by atomic mass is 10.1. The zero-order chi connectivity index (χ0) is 22.9. The first kappa shape index (κ1) is 20.9. The first-order valence-corrected chi connectivity index (χ1v) is 9.59. The van der Waals surface area contributed by atoms with Gasteiger partial charge in [0.25, 0.3) is 11.8 Å². The normalized spacial score (nSPS) is 12.6. The number of aryl methyl sites for hydroxylation is 2. The Morgan fingerprint density at radius 3 is 2.66 bits per heavy atom. The molecule has 0 bridgehead atoms. The van der Waals surface area contributed by atoms with Crippen LogP contribution in [0.25, 0.3) is 17.2 Å². The molecule has 3 heterocycles. The van der Waals surface area contributed by atoms with Gasteiger partial charge in [-0.25, -0.2) is 14.6 Å². The van der Waals surface area contributed by atoms with Crippen LogP contribution in [0.15, 0.2) is 47.0 Å². The summed E-state index contributed by atoms with van der Waals surface area (Å²) < 4.78 is 6.86. The lowest BCUT2D eigenvalue weighted by Crippen LogP contribution is -2.19. The van der Waals surface area contributed by atoms with Gasteiger partial charge in [-0.3, -0.25) is 4.79 Å². The molecule has 4 rings (SSSR count). The SMILES string of the molecule is Cc1nnc([C@](C)(O)C#Cc2cccc(-c3nc(C(N)=O)cc(-n4nccc4C)n3)c2)o1. The van der Waals surface area contributed by atoms with E-state index < -0.39 is 11.5 Å². The van der Waals surface area contributed by atoms with E-state index in [4.69, 9.17) is 10.2 Å². The van der Waals surface area contributed by atoms with Gasteiger partial charge < -0.3 is 15.3 Å². The molecule has 0 fully saturated rings. The van der Waals surface area contributed by atoms with Gasteiger partial charge in [-0.05, 0) is 32.0 Å². The van der Waals surface area contributed by atoms with E-state index in [1.165, 1.54) is 13.0 Å². The van der Waals surface area contributed by atoms with E-state index >= 15 is 0 Å². The number of nitrogens with zero attached hydrogens (tertiary/aromatic N) is 6. The van der Waals surface area contributed by atoms with E-state index in [1.54, 1.807) is 42.1 Å². The van der Waals surface area contributed by atoms with Crippen LogP contribution >= 0.6 is 0 Å². The van der Waals surface area contributed by atoms with E-state index in [0.29, 0.717) is 22.8 Å². The van der Waals surface area contributed by atoms with Crippen LogP contribution < -0.4 is 5.73 Å². The van der Waals surface area contributed by atoms with Gasteiger partial charge in [0.2, 0.25) is 11.5 Å². The summed E-state index contributed by atoms with van der Waals surface area (Å²) in [6.45, 7) is 4.96. The van der Waals surface area contributed by atoms with E-state index in [9.17, 15) is 9.90 Å². The lowest BCUT2D eigenvalue weighted by molar-refractivity contribution is 0.0881. The maximum Gasteiger partial charge on any atom is 0.267 e. The number of nitrogens with two attached hydrogens (primary N) is 1. The number of carbonyl (C=O) groups is 1. The predicted molar refractivity (Wildman–Crippen MR) is 113 cm³/mol. The topological polar surface area (TPSA) is 146 Å². The Morgan fingerprint density at radius 2 is 2.00 bits per heavy atom. The van der Waals surface area contributed by atoms with E-state index in [2.05, 4.69) is 37.1 Å². The third-order valence-electron chi connectivity index (χ3n) is 4.53. The number of rotatable bonds is 4. The van der Waals surface area contributed by atoms with Gasteiger partial charge >= 0.3 is 0 Å². The highest BCUT2D eigenvalue weighted by molar-refractivity contribution is 5.91. The Labute approximate surface area is 183 Å². The molecule has 1 atom stereocenters. The van der Waals surface area contributed by atoms with Crippen LogP contribution in [0.2, 0.25) is 0 Å². The van der Waals surface area contributed by atoms with Crippen molar-refractivity contribution < 1.29 is 14.3 Å². The Hall–Kier alpha value is -4.36. The molecule has 10 nitrogen and oxygen atoms in total. The second-order valence-corrected chi connectivity index (χ2v) is 7.21. The average Bonchev–Trinajstić information content (AvgIpc) is 3.41. The van der Waals surface area contributed by atoms with Crippen LogP contribution in [0.1, 0.15) is 40.5 Å². The van der Waals surface area contributed by atoms with Crippen LogP contribution in [0.3, 0.4) is 0 Å². The molecule has 0 spiro atoms. The number of hydrogen-bond acceptors (Lipinski definition) is 8. The van der Waals surface area contributed by atoms with Crippen molar-refractivity contribution in [2.75, 3.05) is 0 Å². The maximum absolute atomic E-state index is 11.8. The summed E-state index contributed by atoms with van der Waals surface area (Å²) in [7, 11) is 0. The van der Waals surface area contributed by atoms with Crippen molar-refractivity contribution in [3.63, 3.8) is 0 Å². The zero-order valence-corrected chi connectivity index (χ0v) is 17.6. The first-order valence-electron chi connectivity index (χ1n) is 9.59. The lowest BCUT2D eigenvalue weighted by Gasteiger charge is -2.10. The maximum atomic E-state index is 11.8. The van der Waals surface area contributed by atoms with Gasteiger partial charge in [0, 0.05) is 36.0 Å². The molecule has 1 amide bonds. The number of benzene rings is 1. The molecule has 0 radical (unpaired) electrons. The van der Waals surface area contributed by atoms with Crippen molar-refractivity contribution in [3.8, 4) is 29.0 Å². The van der Waals surface area contributed by atoms with E-state index in [1.807, 2.05) is 13.0 Å². The molecular formula is C22H19N7O3. The molecule has 1 aromatic carbocycles. The highest BCUT2D eigenvalue weighted by Crippen LogP contribution is 2.21. The Morgan fingerprint density at radius 1 is 1.19 bits per heavy atom. The second-order valence-electron chi connectivity index (χ2n) is 7.21. The summed E-state index contributed by atoms with van der Waals surface area (Å²) in [5, 5.41) is 22.3. The predicted octanol–water partition coefficient (Wildman–Crippen LogP) is 1.69. The van der Waals surface area contributed by atoms with Gasteiger partial charge in [-0.1, -0.05) is 24.0 Å². The van der Waals surface area contributed by atoms with E-state index in [-0.39, 0.29) is 17.4 Å². The van der Waals surface area contributed by atoms with E-state index in [0.717, 1.165) is 5.69 Å². The summed E-state index contributed by atoms with van der Waals surface area (Å²) in [6.07, 6.45) is 1.63. The van der Waals surface area contributed by atoms with Crippen LogP contribution in [0, 0.1) is 25.7 Å². The molecule has 0 saturated heterocycles. The molecule has 32 heavy (non-hydrogen) atoms. The molecule has 0 aliphatic rings. The molecule has 3 aromatic heterocycles. The summed E-state index contributed by atoms with van der Waals surface area (Å²) >= 11 is 0. The third kappa shape index (κ3) is 4.23.